The van der Waals surface area contributed by atoms with Crippen LogP contribution in [0.2, 0.25) is 5.02 Å². The Morgan fingerprint density at radius 2 is 1.85 bits per heavy atom. The third kappa shape index (κ3) is 3.57. The number of hydrogen-bond donors (Lipinski definition) is 2. The van der Waals surface area contributed by atoms with Crippen molar-refractivity contribution in [3.05, 3.63) is 53.1 Å². The minimum Gasteiger partial charge on any atom is -0.508 e. The van der Waals surface area contributed by atoms with Crippen LogP contribution in [0.15, 0.2) is 42.5 Å². The van der Waals surface area contributed by atoms with Gasteiger partial charge in [-0.2, -0.15) is 0 Å². The molecule has 2 aromatic rings. The highest BCUT2D eigenvalue weighted by Gasteiger charge is 2.43. The first kappa shape index (κ1) is 17.7. The van der Waals surface area contributed by atoms with Gasteiger partial charge in [-0.25, -0.2) is 4.79 Å². The molecule has 0 aromatic heterocycles. The molecule has 140 valence electrons. The van der Waals surface area contributed by atoms with E-state index in [4.69, 9.17) is 16.3 Å². The summed E-state index contributed by atoms with van der Waals surface area (Å²) in [6, 6.07) is 11.3. The molecule has 7 heteroatoms. The fourth-order valence-corrected chi connectivity index (χ4v) is 3.74. The summed E-state index contributed by atoms with van der Waals surface area (Å²) in [5.41, 5.74) is 0.564. The quantitative estimate of drug-likeness (QED) is 0.774. The lowest BCUT2D eigenvalue weighted by molar-refractivity contribution is 0.000279. The topological polar surface area (TPSA) is 78.9 Å². The molecule has 2 aliphatic rings. The average Bonchev–Trinajstić information content (AvgIpc) is 2.63. The molecule has 1 fully saturated rings. The number of carbonyl (C=O) groups excluding carboxylic acids is 2. The minimum absolute atomic E-state index is 0.00955. The van der Waals surface area contributed by atoms with E-state index in [1.165, 1.54) is 12.1 Å². The Labute approximate surface area is 161 Å². The number of ether oxygens (including phenoxy) is 1. The summed E-state index contributed by atoms with van der Waals surface area (Å²) in [7, 11) is 0. The zero-order chi connectivity index (χ0) is 19.0. The number of fused-ring (bicyclic) bond motifs is 1. The third-order valence-electron chi connectivity index (χ3n) is 5.13. The summed E-state index contributed by atoms with van der Waals surface area (Å²) in [5, 5.41) is 13.1. The molecule has 1 saturated heterocycles. The van der Waals surface area contributed by atoms with Gasteiger partial charge in [0.05, 0.1) is 12.0 Å². The predicted octanol–water partition coefficient (Wildman–Crippen LogP) is 4.08. The number of nitrogens with zero attached hydrogens (tertiary/aromatic N) is 1. The van der Waals surface area contributed by atoms with Gasteiger partial charge in [-0.1, -0.05) is 11.6 Å². The second-order valence-corrected chi connectivity index (χ2v) is 7.43. The van der Waals surface area contributed by atoms with E-state index in [9.17, 15) is 14.7 Å². The van der Waals surface area contributed by atoms with E-state index >= 15 is 0 Å². The number of carbonyl (C=O) groups is 2. The Bertz CT molecular complexity index is 889. The van der Waals surface area contributed by atoms with Crippen LogP contribution in [0.1, 0.15) is 29.6 Å². The van der Waals surface area contributed by atoms with Crippen molar-refractivity contribution < 1.29 is 19.4 Å². The number of benzene rings is 2. The van der Waals surface area contributed by atoms with Gasteiger partial charge in [-0.15, -0.1) is 0 Å². The highest BCUT2D eigenvalue weighted by molar-refractivity contribution is 6.30. The average molecular weight is 387 g/mol. The number of piperidine rings is 1. The number of phenolic OH excluding ortho intramolecular Hbond substituents is 1. The molecule has 2 heterocycles. The van der Waals surface area contributed by atoms with Crippen LogP contribution in [0.25, 0.3) is 0 Å². The number of halogens is 1. The van der Waals surface area contributed by atoms with Crippen LogP contribution in [-0.2, 0) is 0 Å². The highest BCUT2D eigenvalue weighted by Crippen LogP contribution is 2.40. The number of urea groups is 1. The molecule has 2 amide bonds. The number of anilines is 1. The smallest absolute Gasteiger partial charge is 0.321 e. The number of hydrogen-bond acceptors (Lipinski definition) is 4. The first-order chi connectivity index (χ1) is 12.9. The van der Waals surface area contributed by atoms with Crippen LogP contribution >= 0.6 is 11.6 Å². The molecule has 27 heavy (non-hydrogen) atoms. The first-order valence-corrected chi connectivity index (χ1v) is 9.19. The van der Waals surface area contributed by atoms with Crippen LogP contribution in [0.4, 0.5) is 10.5 Å². The van der Waals surface area contributed by atoms with E-state index in [2.05, 4.69) is 5.32 Å². The summed E-state index contributed by atoms with van der Waals surface area (Å²) >= 11 is 5.86. The van der Waals surface area contributed by atoms with Gasteiger partial charge in [0, 0.05) is 42.7 Å². The SMILES string of the molecule is O=C1CC2(CCN(C(=O)Nc3ccc(Cl)cc3)CC2)Oc2cc(O)ccc21. The number of rotatable bonds is 1. The van der Waals surface area contributed by atoms with Gasteiger partial charge in [-0.05, 0) is 36.4 Å². The van der Waals surface area contributed by atoms with Crippen LogP contribution in [0.3, 0.4) is 0 Å². The first-order valence-electron chi connectivity index (χ1n) is 8.81. The maximum absolute atomic E-state index is 12.5. The lowest BCUT2D eigenvalue weighted by Gasteiger charge is -2.43. The summed E-state index contributed by atoms with van der Waals surface area (Å²) in [5.74, 6) is 0.499. The molecule has 6 nitrogen and oxygen atoms in total. The maximum atomic E-state index is 12.5. The largest absolute Gasteiger partial charge is 0.508 e. The number of ketones is 1. The van der Waals surface area contributed by atoms with Gasteiger partial charge in [0.15, 0.2) is 5.78 Å². The van der Waals surface area contributed by atoms with Crippen molar-refractivity contribution in [2.75, 3.05) is 18.4 Å². The molecule has 0 unspecified atom stereocenters. The molecule has 0 saturated carbocycles. The van der Waals surface area contributed by atoms with E-state index in [1.807, 2.05) is 0 Å². The predicted molar refractivity (Wildman–Crippen MR) is 102 cm³/mol. The van der Waals surface area contributed by atoms with Crippen LogP contribution in [0.5, 0.6) is 11.5 Å². The van der Waals surface area contributed by atoms with Crippen molar-refractivity contribution in [2.45, 2.75) is 24.9 Å². The van der Waals surface area contributed by atoms with E-state index in [-0.39, 0.29) is 24.0 Å². The van der Waals surface area contributed by atoms with Gasteiger partial charge < -0.3 is 20.1 Å². The summed E-state index contributed by atoms with van der Waals surface area (Å²) in [6.45, 7) is 0.974. The molecule has 1 spiro atoms. The Hall–Kier alpha value is -2.73. The van der Waals surface area contributed by atoms with Gasteiger partial charge in [0.1, 0.15) is 17.1 Å². The monoisotopic (exact) mass is 386 g/mol. The Kier molecular flexibility index (Phi) is 4.44. The summed E-state index contributed by atoms with van der Waals surface area (Å²) < 4.78 is 6.12. The normalized spacial score (nSPS) is 18.0. The second-order valence-electron chi connectivity index (χ2n) is 6.99. The fraction of sp³-hybridized carbons (Fsp3) is 0.300. The molecule has 2 aliphatic heterocycles. The Balaban J connectivity index is 1.42. The minimum atomic E-state index is -0.616. The maximum Gasteiger partial charge on any atom is 0.321 e. The zero-order valence-electron chi connectivity index (χ0n) is 14.6. The summed E-state index contributed by atoms with van der Waals surface area (Å²) in [4.78, 5) is 26.7. The Morgan fingerprint density at radius 3 is 2.56 bits per heavy atom. The molecule has 4 rings (SSSR count). The van der Waals surface area contributed by atoms with Gasteiger partial charge in [-0.3, -0.25) is 4.79 Å². The highest BCUT2D eigenvalue weighted by atomic mass is 35.5. The van der Waals surface area contributed by atoms with E-state index in [0.29, 0.717) is 48.0 Å². The lowest BCUT2D eigenvalue weighted by atomic mass is 9.82. The molecule has 0 aliphatic carbocycles. The van der Waals surface area contributed by atoms with E-state index in [0.717, 1.165) is 0 Å². The number of likely N-dealkylation sites (tertiary alicyclic amines) is 1. The van der Waals surface area contributed by atoms with E-state index in [1.54, 1.807) is 35.2 Å². The molecule has 0 atom stereocenters. The van der Waals surface area contributed by atoms with Crippen molar-refractivity contribution in [3.63, 3.8) is 0 Å². The van der Waals surface area contributed by atoms with Crippen molar-refractivity contribution in [1.82, 2.24) is 4.90 Å². The fourth-order valence-electron chi connectivity index (χ4n) is 3.61. The van der Waals surface area contributed by atoms with Crippen molar-refractivity contribution in [3.8, 4) is 11.5 Å². The number of phenols is 1. The summed E-state index contributed by atoms with van der Waals surface area (Å²) in [6.07, 6.45) is 1.40. The van der Waals surface area contributed by atoms with E-state index < -0.39 is 5.60 Å². The zero-order valence-corrected chi connectivity index (χ0v) is 15.3. The van der Waals surface area contributed by atoms with Crippen LogP contribution < -0.4 is 10.1 Å². The molecule has 0 bridgehead atoms. The molecule has 0 radical (unpaired) electrons. The van der Waals surface area contributed by atoms with Crippen LogP contribution in [0, 0.1) is 0 Å². The number of nitrogens with one attached hydrogen (secondary N) is 1. The van der Waals surface area contributed by atoms with Crippen molar-refractivity contribution >= 4 is 29.1 Å². The Morgan fingerprint density at radius 1 is 1.15 bits per heavy atom. The van der Waals surface area contributed by atoms with Gasteiger partial charge in [0.25, 0.3) is 0 Å². The standard InChI is InChI=1S/C20H19ClN2O4/c21-13-1-3-14(4-2-13)22-19(26)23-9-7-20(8-10-23)12-17(25)16-6-5-15(24)11-18(16)27-20/h1-6,11,24H,7-10,12H2,(H,22,26). The molecular formula is C20H19ClN2O4. The second kappa shape index (κ2) is 6.78. The van der Waals surface area contributed by atoms with Crippen molar-refractivity contribution in [1.29, 1.82) is 0 Å². The van der Waals surface area contributed by atoms with Crippen molar-refractivity contribution in [2.24, 2.45) is 0 Å². The van der Waals surface area contributed by atoms with Gasteiger partial charge in [0.2, 0.25) is 0 Å². The number of amides is 2. The van der Waals surface area contributed by atoms with Gasteiger partial charge >= 0.3 is 6.03 Å². The van der Waals surface area contributed by atoms with Crippen LogP contribution in [-0.4, -0.2) is 40.5 Å². The molecular weight excluding hydrogens is 368 g/mol. The lowest BCUT2D eigenvalue weighted by Crippen LogP contribution is -2.53. The molecule has 2 aromatic carbocycles. The third-order valence-corrected chi connectivity index (χ3v) is 5.38. The molecule has 2 N–H and O–H groups in total. The number of aromatic hydroxyl groups is 1. The number of Topliss-reactive ketones (excluding diaryl/α,β-unsaturated/α-hetero) is 1.